The summed E-state index contributed by atoms with van der Waals surface area (Å²) in [7, 11) is 0. The summed E-state index contributed by atoms with van der Waals surface area (Å²) >= 11 is 0. The monoisotopic (exact) mass is 266 g/mol. The van der Waals surface area contributed by atoms with Crippen molar-refractivity contribution in [2.24, 2.45) is 0 Å². The van der Waals surface area contributed by atoms with Gasteiger partial charge in [-0.25, -0.2) is 9.59 Å². The van der Waals surface area contributed by atoms with E-state index in [0.29, 0.717) is 0 Å². The van der Waals surface area contributed by atoms with Crippen molar-refractivity contribution in [2.45, 2.75) is 51.0 Å². The molecule has 1 aromatic rings. The molecule has 104 valence electrons. The van der Waals surface area contributed by atoms with Gasteiger partial charge in [0.05, 0.1) is 0 Å². The lowest BCUT2D eigenvalue weighted by Crippen LogP contribution is -2.35. The third-order valence-electron chi connectivity index (χ3n) is 3.67. The number of rotatable bonds is 2. The Morgan fingerprint density at radius 2 is 1.74 bits per heavy atom. The summed E-state index contributed by atoms with van der Waals surface area (Å²) < 4.78 is 1.39. The van der Waals surface area contributed by atoms with Crippen LogP contribution in [0.15, 0.2) is 15.8 Å². The number of hydrogen-bond acceptors (Lipinski definition) is 3. The van der Waals surface area contributed by atoms with Crippen LogP contribution in [0.1, 0.15) is 61.3 Å². The predicted octanol–water partition coefficient (Wildman–Crippen LogP) is 1.52. The molecular weight excluding hydrogens is 248 g/mol. The second-order valence-electron chi connectivity index (χ2n) is 5.01. The van der Waals surface area contributed by atoms with Crippen LogP contribution in [0.2, 0.25) is 0 Å². The lowest BCUT2D eigenvalue weighted by molar-refractivity contribution is 0.0693. The molecule has 2 rings (SSSR count). The Kier molecular flexibility index (Phi) is 4.19. The predicted molar refractivity (Wildman–Crippen MR) is 69.6 cm³/mol. The van der Waals surface area contributed by atoms with Gasteiger partial charge < -0.3 is 5.11 Å². The van der Waals surface area contributed by atoms with Crippen molar-refractivity contribution in [3.8, 4) is 0 Å². The summed E-state index contributed by atoms with van der Waals surface area (Å²) in [4.78, 5) is 36.3. The van der Waals surface area contributed by atoms with Crippen LogP contribution < -0.4 is 11.2 Å². The van der Waals surface area contributed by atoms with Crippen LogP contribution in [-0.2, 0) is 0 Å². The van der Waals surface area contributed by atoms with Gasteiger partial charge in [-0.3, -0.25) is 14.3 Å². The van der Waals surface area contributed by atoms with E-state index in [1.807, 2.05) is 0 Å². The van der Waals surface area contributed by atoms with Crippen molar-refractivity contribution in [1.82, 2.24) is 9.55 Å². The zero-order valence-corrected chi connectivity index (χ0v) is 10.7. The van der Waals surface area contributed by atoms with Crippen molar-refractivity contribution in [3.05, 3.63) is 32.6 Å². The van der Waals surface area contributed by atoms with Gasteiger partial charge in [0.25, 0.3) is 5.56 Å². The molecule has 0 unspecified atom stereocenters. The van der Waals surface area contributed by atoms with E-state index >= 15 is 0 Å². The summed E-state index contributed by atoms with van der Waals surface area (Å²) in [5, 5.41) is 8.94. The third-order valence-corrected chi connectivity index (χ3v) is 3.67. The number of carbonyl (C=O) groups is 1. The van der Waals surface area contributed by atoms with E-state index in [4.69, 9.17) is 5.11 Å². The zero-order valence-electron chi connectivity index (χ0n) is 10.7. The molecular formula is C13H18N2O4. The van der Waals surface area contributed by atoms with Gasteiger partial charge in [0.15, 0.2) is 0 Å². The minimum Gasteiger partial charge on any atom is -0.477 e. The molecule has 0 radical (unpaired) electrons. The normalized spacial score (nSPS) is 17.7. The number of aromatic amines is 1. The van der Waals surface area contributed by atoms with E-state index in [1.54, 1.807) is 0 Å². The topological polar surface area (TPSA) is 92.2 Å². The molecule has 0 atom stereocenters. The fraction of sp³-hybridized carbons (Fsp3) is 0.615. The third kappa shape index (κ3) is 3.13. The van der Waals surface area contributed by atoms with Crippen molar-refractivity contribution >= 4 is 5.97 Å². The molecule has 6 heteroatoms. The van der Waals surface area contributed by atoms with Gasteiger partial charge in [-0.05, 0) is 12.8 Å². The molecule has 1 fully saturated rings. The van der Waals surface area contributed by atoms with Crippen LogP contribution in [0.4, 0.5) is 0 Å². The van der Waals surface area contributed by atoms with Crippen LogP contribution in [0.5, 0.6) is 0 Å². The maximum Gasteiger partial charge on any atom is 0.342 e. The molecule has 6 nitrogen and oxygen atoms in total. The first-order chi connectivity index (χ1) is 9.09. The molecule has 1 saturated carbocycles. The summed E-state index contributed by atoms with van der Waals surface area (Å²) in [5.74, 6) is -1.30. The van der Waals surface area contributed by atoms with Crippen LogP contribution in [-0.4, -0.2) is 20.6 Å². The largest absolute Gasteiger partial charge is 0.477 e. The highest BCUT2D eigenvalue weighted by Gasteiger charge is 2.18. The fourth-order valence-electron chi connectivity index (χ4n) is 2.62. The molecule has 0 aliphatic heterocycles. The van der Waals surface area contributed by atoms with Gasteiger partial charge in [0.2, 0.25) is 0 Å². The summed E-state index contributed by atoms with van der Waals surface area (Å²) in [6.45, 7) is 0. The van der Waals surface area contributed by atoms with Gasteiger partial charge in [0.1, 0.15) is 5.56 Å². The number of H-pyrrole nitrogens is 1. The SMILES string of the molecule is O=C(O)c1cn(C2CCCCCCC2)c(=O)[nH]c1=O. The molecule has 0 bridgehead atoms. The molecule has 1 aliphatic rings. The molecule has 0 aromatic carbocycles. The first kappa shape index (κ1) is 13.6. The fourth-order valence-corrected chi connectivity index (χ4v) is 2.62. The standard InChI is InChI=1S/C13H18N2O4/c16-11-10(12(17)18)8-15(13(19)14-11)9-6-4-2-1-3-5-7-9/h8-9H,1-7H2,(H,17,18)(H,14,16,19). The maximum absolute atomic E-state index is 11.8. The van der Waals surface area contributed by atoms with Crippen molar-refractivity contribution in [2.75, 3.05) is 0 Å². The Morgan fingerprint density at radius 3 is 2.32 bits per heavy atom. The molecule has 2 N–H and O–H groups in total. The average molecular weight is 266 g/mol. The molecule has 1 heterocycles. The van der Waals surface area contributed by atoms with Gasteiger partial charge in [-0.2, -0.15) is 0 Å². The van der Waals surface area contributed by atoms with Crippen molar-refractivity contribution < 1.29 is 9.90 Å². The summed E-state index contributed by atoms with van der Waals surface area (Å²) in [6, 6.07) is -0.0113. The number of carboxylic acids is 1. The lowest BCUT2D eigenvalue weighted by Gasteiger charge is -2.21. The van der Waals surface area contributed by atoms with Crippen LogP contribution in [0.3, 0.4) is 0 Å². The van der Waals surface area contributed by atoms with E-state index in [9.17, 15) is 14.4 Å². The Labute approximate surface area is 110 Å². The second kappa shape index (κ2) is 5.86. The van der Waals surface area contributed by atoms with Gasteiger partial charge in [-0.1, -0.05) is 32.1 Å². The number of nitrogens with zero attached hydrogens (tertiary/aromatic N) is 1. The summed E-state index contributed by atoms with van der Waals surface area (Å²) in [6.07, 6.45) is 8.44. The molecule has 1 aromatic heterocycles. The maximum atomic E-state index is 11.8. The zero-order chi connectivity index (χ0) is 13.8. The van der Waals surface area contributed by atoms with Crippen LogP contribution in [0, 0.1) is 0 Å². The first-order valence-corrected chi connectivity index (χ1v) is 6.68. The number of nitrogens with one attached hydrogen (secondary N) is 1. The quantitative estimate of drug-likeness (QED) is 0.848. The lowest BCUT2D eigenvalue weighted by atomic mass is 9.96. The van der Waals surface area contributed by atoms with Gasteiger partial charge in [0, 0.05) is 12.2 Å². The number of hydrogen-bond donors (Lipinski definition) is 2. The Hall–Kier alpha value is -1.85. The molecule has 1 aliphatic carbocycles. The smallest absolute Gasteiger partial charge is 0.342 e. The van der Waals surface area contributed by atoms with E-state index in [2.05, 4.69) is 4.98 Å². The van der Waals surface area contributed by atoms with E-state index in [0.717, 1.165) is 38.5 Å². The van der Waals surface area contributed by atoms with E-state index < -0.39 is 17.2 Å². The van der Waals surface area contributed by atoms with Crippen molar-refractivity contribution in [1.29, 1.82) is 0 Å². The first-order valence-electron chi connectivity index (χ1n) is 6.68. The highest BCUT2D eigenvalue weighted by Crippen LogP contribution is 2.24. The van der Waals surface area contributed by atoms with Gasteiger partial charge >= 0.3 is 11.7 Å². The van der Waals surface area contributed by atoms with Crippen LogP contribution in [0.25, 0.3) is 0 Å². The Bertz CT molecular complexity index is 565. The Morgan fingerprint density at radius 1 is 1.16 bits per heavy atom. The average Bonchev–Trinajstić information content (AvgIpc) is 2.29. The molecule has 0 spiro atoms. The highest BCUT2D eigenvalue weighted by atomic mass is 16.4. The number of aromatic nitrogens is 2. The van der Waals surface area contributed by atoms with Crippen LogP contribution >= 0.6 is 0 Å². The summed E-state index contributed by atoms with van der Waals surface area (Å²) in [5.41, 5.74) is -1.72. The number of carboxylic acid groups (broad SMARTS) is 1. The Balaban J connectivity index is 2.37. The second-order valence-corrected chi connectivity index (χ2v) is 5.01. The minimum absolute atomic E-state index is 0.0113. The van der Waals surface area contributed by atoms with E-state index in [-0.39, 0.29) is 11.6 Å². The minimum atomic E-state index is -1.30. The van der Waals surface area contributed by atoms with Gasteiger partial charge in [-0.15, -0.1) is 0 Å². The van der Waals surface area contributed by atoms with Crippen molar-refractivity contribution in [3.63, 3.8) is 0 Å². The number of aromatic carboxylic acids is 1. The molecule has 0 amide bonds. The highest BCUT2D eigenvalue weighted by molar-refractivity contribution is 5.86. The van der Waals surface area contributed by atoms with E-state index in [1.165, 1.54) is 17.2 Å². The molecule has 19 heavy (non-hydrogen) atoms. The molecule has 0 saturated heterocycles.